The lowest BCUT2D eigenvalue weighted by Gasteiger charge is -2.04. The van der Waals surface area contributed by atoms with Crippen LogP contribution in [0.25, 0.3) is 0 Å². The van der Waals surface area contributed by atoms with Crippen molar-refractivity contribution in [2.45, 2.75) is 26.4 Å². The van der Waals surface area contributed by atoms with E-state index >= 15 is 0 Å². The number of aryl methyl sites for hydroxylation is 1. The molecule has 0 aromatic heterocycles. The average Bonchev–Trinajstić information content (AvgIpc) is 2.27. The first kappa shape index (κ1) is 11.6. The first-order valence-electron chi connectivity index (χ1n) is 4.84. The molecule has 1 atom stereocenters. The summed E-state index contributed by atoms with van der Waals surface area (Å²) in [6.07, 6.45) is -1.25. The topological polar surface area (TPSA) is 34.1 Å². The summed E-state index contributed by atoms with van der Waals surface area (Å²) in [5, 5.41) is 0. The molecule has 1 aromatic carbocycles. The second-order valence-corrected chi connectivity index (χ2v) is 3.39. The molecule has 0 radical (unpaired) electrons. The Kier molecular flexibility index (Phi) is 3.72. The van der Waals surface area contributed by atoms with Crippen LogP contribution < -0.4 is 0 Å². The third-order valence-corrected chi connectivity index (χ3v) is 2.21. The molecule has 15 heavy (non-hydrogen) atoms. The molecule has 2 nitrogen and oxygen atoms in total. The third kappa shape index (κ3) is 2.72. The maximum absolute atomic E-state index is 13.1. The van der Waals surface area contributed by atoms with Crippen LogP contribution in [0.2, 0.25) is 0 Å². The molecule has 0 fully saturated rings. The minimum absolute atomic E-state index is 0.261. The first-order valence-corrected chi connectivity index (χ1v) is 4.84. The number of hydrogen-bond donors (Lipinski definition) is 0. The SMILES string of the molecule is CCc1cccc(C(=O)C(F)C(C)=O)c1. The van der Waals surface area contributed by atoms with E-state index in [9.17, 15) is 14.0 Å². The molecular weight excluding hydrogens is 195 g/mol. The number of alkyl halides is 1. The lowest BCUT2D eigenvalue weighted by Crippen LogP contribution is -2.23. The van der Waals surface area contributed by atoms with E-state index in [0.29, 0.717) is 0 Å². The maximum Gasteiger partial charge on any atom is 0.220 e. The third-order valence-electron chi connectivity index (χ3n) is 2.21. The van der Waals surface area contributed by atoms with Gasteiger partial charge in [-0.05, 0) is 25.0 Å². The highest BCUT2D eigenvalue weighted by Crippen LogP contribution is 2.10. The Morgan fingerprint density at radius 2 is 2.07 bits per heavy atom. The van der Waals surface area contributed by atoms with Gasteiger partial charge in [0.05, 0.1) is 0 Å². The molecule has 3 heteroatoms. The second kappa shape index (κ2) is 4.82. The van der Waals surface area contributed by atoms with E-state index in [1.165, 1.54) is 6.07 Å². The highest BCUT2D eigenvalue weighted by molar-refractivity contribution is 6.12. The van der Waals surface area contributed by atoms with E-state index in [-0.39, 0.29) is 5.56 Å². The van der Waals surface area contributed by atoms with E-state index in [1.807, 2.05) is 13.0 Å². The van der Waals surface area contributed by atoms with Crippen molar-refractivity contribution in [3.8, 4) is 0 Å². The molecule has 1 unspecified atom stereocenters. The largest absolute Gasteiger partial charge is 0.296 e. The van der Waals surface area contributed by atoms with Gasteiger partial charge in [-0.3, -0.25) is 9.59 Å². The lowest BCUT2D eigenvalue weighted by molar-refractivity contribution is -0.120. The first-order chi connectivity index (χ1) is 7.06. The van der Waals surface area contributed by atoms with Gasteiger partial charge in [-0.25, -0.2) is 4.39 Å². The van der Waals surface area contributed by atoms with Crippen LogP contribution in [0, 0.1) is 0 Å². The van der Waals surface area contributed by atoms with Crippen LogP contribution in [0.5, 0.6) is 0 Å². The lowest BCUT2D eigenvalue weighted by atomic mass is 10.0. The fourth-order valence-corrected chi connectivity index (χ4v) is 1.28. The molecule has 0 saturated carbocycles. The van der Waals surface area contributed by atoms with E-state index in [1.54, 1.807) is 12.1 Å². The number of halogens is 1. The van der Waals surface area contributed by atoms with Gasteiger partial charge in [-0.15, -0.1) is 0 Å². The van der Waals surface area contributed by atoms with Gasteiger partial charge in [0.1, 0.15) is 0 Å². The van der Waals surface area contributed by atoms with Gasteiger partial charge in [0.2, 0.25) is 12.0 Å². The van der Waals surface area contributed by atoms with Crippen molar-refractivity contribution in [2.75, 3.05) is 0 Å². The van der Waals surface area contributed by atoms with Crippen LogP contribution in [0.15, 0.2) is 24.3 Å². The van der Waals surface area contributed by atoms with Crippen molar-refractivity contribution in [3.63, 3.8) is 0 Å². The maximum atomic E-state index is 13.1. The summed E-state index contributed by atoms with van der Waals surface area (Å²) >= 11 is 0. The zero-order valence-corrected chi connectivity index (χ0v) is 8.79. The minimum Gasteiger partial charge on any atom is -0.296 e. The van der Waals surface area contributed by atoms with E-state index < -0.39 is 17.7 Å². The molecular formula is C12H13FO2. The molecule has 0 amide bonds. The summed E-state index contributed by atoms with van der Waals surface area (Å²) in [5.74, 6) is -1.50. The Balaban J connectivity index is 2.96. The zero-order valence-electron chi connectivity index (χ0n) is 8.79. The Bertz CT molecular complexity index is 385. The summed E-state index contributed by atoms with van der Waals surface area (Å²) < 4.78 is 13.1. The number of carbonyl (C=O) groups excluding carboxylic acids is 2. The quantitative estimate of drug-likeness (QED) is 0.562. The molecule has 0 saturated heterocycles. The Morgan fingerprint density at radius 1 is 1.40 bits per heavy atom. The number of carbonyl (C=O) groups is 2. The van der Waals surface area contributed by atoms with Crippen LogP contribution in [-0.2, 0) is 11.2 Å². The molecule has 0 heterocycles. The molecule has 80 valence electrons. The highest BCUT2D eigenvalue weighted by atomic mass is 19.1. The summed E-state index contributed by atoms with van der Waals surface area (Å²) in [7, 11) is 0. The van der Waals surface area contributed by atoms with Gasteiger partial charge >= 0.3 is 0 Å². The van der Waals surface area contributed by atoms with Gasteiger partial charge in [0, 0.05) is 5.56 Å². The summed E-state index contributed by atoms with van der Waals surface area (Å²) in [6, 6.07) is 6.70. The van der Waals surface area contributed by atoms with Crippen molar-refractivity contribution < 1.29 is 14.0 Å². The molecule has 1 aromatic rings. The molecule has 0 aliphatic carbocycles. The predicted octanol–water partition coefficient (Wildman–Crippen LogP) is 2.36. The van der Waals surface area contributed by atoms with Gasteiger partial charge in [0.15, 0.2) is 5.78 Å². The van der Waals surface area contributed by atoms with Gasteiger partial charge < -0.3 is 0 Å². The Hall–Kier alpha value is -1.51. The number of rotatable bonds is 4. The standard InChI is InChI=1S/C12H13FO2/c1-3-9-5-4-6-10(7-9)12(15)11(13)8(2)14/h4-7,11H,3H2,1-2H3. The summed E-state index contributed by atoms with van der Waals surface area (Å²) in [4.78, 5) is 22.2. The molecule has 0 aliphatic heterocycles. The summed E-state index contributed by atoms with van der Waals surface area (Å²) in [6.45, 7) is 3.02. The second-order valence-electron chi connectivity index (χ2n) is 3.39. The highest BCUT2D eigenvalue weighted by Gasteiger charge is 2.23. The normalized spacial score (nSPS) is 12.2. The molecule has 0 aliphatic rings. The fourth-order valence-electron chi connectivity index (χ4n) is 1.28. The van der Waals surface area contributed by atoms with E-state index in [2.05, 4.69) is 0 Å². The molecule has 0 bridgehead atoms. The van der Waals surface area contributed by atoms with Crippen molar-refractivity contribution in [2.24, 2.45) is 0 Å². The van der Waals surface area contributed by atoms with Crippen molar-refractivity contribution >= 4 is 11.6 Å². The van der Waals surface area contributed by atoms with Crippen LogP contribution in [-0.4, -0.2) is 17.7 Å². The molecule has 1 rings (SSSR count). The molecule has 0 N–H and O–H groups in total. The summed E-state index contributed by atoms with van der Waals surface area (Å²) in [5.41, 5.74) is 1.22. The molecule has 0 spiro atoms. The predicted molar refractivity (Wildman–Crippen MR) is 55.7 cm³/mol. The van der Waals surface area contributed by atoms with Crippen LogP contribution >= 0.6 is 0 Å². The van der Waals surface area contributed by atoms with Gasteiger partial charge in [-0.2, -0.15) is 0 Å². The van der Waals surface area contributed by atoms with Crippen LogP contribution in [0.4, 0.5) is 4.39 Å². The fraction of sp³-hybridized carbons (Fsp3) is 0.333. The van der Waals surface area contributed by atoms with Crippen molar-refractivity contribution in [1.82, 2.24) is 0 Å². The number of hydrogen-bond acceptors (Lipinski definition) is 2. The van der Waals surface area contributed by atoms with Gasteiger partial charge in [-0.1, -0.05) is 25.1 Å². The Labute approximate surface area is 88.1 Å². The monoisotopic (exact) mass is 208 g/mol. The van der Waals surface area contributed by atoms with Crippen molar-refractivity contribution in [1.29, 1.82) is 0 Å². The number of benzene rings is 1. The van der Waals surface area contributed by atoms with Crippen LogP contribution in [0.3, 0.4) is 0 Å². The number of ketones is 2. The van der Waals surface area contributed by atoms with E-state index in [4.69, 9.17) is 0 Å². The van der Waals surface area contributed by atoms with Crippen molar-refractivity contribution in [3.05, 3.63) is 35.4 Å². The zero-order chi connectivity index (χ0) is 11.4. The van der Waals surface area contributed by atoms with E-state index in [0.717, 1.165) is 18.9 Å². The van der Waals surface area contributed by atoms with Gasteiger partial charge in [0.25, 0.3) is 0 Å². The average molecular weight is 208 g/mol. The van der Waals surface area contributed by atoms with Crippen LogP contribution in [0.1, 0.15) is 29.8 Å². The number of Topliss-reactive ketones (excluding diaryl/α,β-unsaturated/α-hetero) is 2. The minimum atomic E-state index is -2.03. The Morgan fingerprint density at radius 3 is 2.60 bits per heavy atom. The smallest absolute Gasteiger partial charge is 0.220 e.